The van der Waals surface area contributed by atoms with Gasteiger partial charge in [0, 0.05) is 6.04 Å². The van der Waals surface area contributed by atoms with E-state index in [-0.39, 0.29) is 12.1 Å². The lowest BCUT2D eigenvalue weighted by molar-refractivity contribution is 0.192. The first-order chi connectivity index (χ1) is 8.75. The molecule has 94 valence electrons. The number of urea groups is 1. The summed E-state index contributed by atoms with van der Waals surface area (Å²) in [5, 5.41) is 3.48. The molecule has 2 aliphatic heterocycles. The van der Waals surface area contributed by atoms with Gasteiger partial charge in [-0.1, -0.05) is 35.9 Å². The lowest BCUT2D eigenvalue weighted by Gasteiger charge is -2.31. The van der Waals surface area contributed by atoms with E-state index < -0.39 is 0 Å². The quantitative estimate of drug-likeness (QED) is 0.770. The third kappa shape index (κ3) is 1.99. The summed E-state index contributed by atoms with van der Waals surface area (Å²) in [5.74, 6) is 0. The number of hydrogen-bond acceptors (Lipinski definition) is 1. The molecule has 2 amide bonds. The molecule has 0 radical (unpaired) electrons. The van der Waals surface area contributed by atoms with Gasteiger partial charge in [0.05, 0.1) is 16.8 Å². The highest BCUT2D eigenvalue weighted by atomic mass is 35.5. The van der Waals surface area contributed by atoms with E-state index in [9.17, 15) is 4.79 Å². The number of carbonyl (C=O) groups is 1. The number of rotatable bonds is 1. The minimum absolute atomic E-state index is 0.0417. The Bertz CT molecular complexity index is 500. The molecule has 2 atom stereocenters. The number of nitrogens with one attached hydrogen (secondary N) is 1. The topological polar surface area (TPSA) is 32.3 Å². The molecule has 2 heterocycles. The van der Waals surface area contributed by atoms with Crippen molar-refractivity contribution in [1.29, 1.82) is 0 Å². The van der Waals surface area contributed by atoms with Gasteiger partial charge in [-0.2, -0.15) is 0 Å². The third-order valence-corrected chi connectivity index (χ3v) is 3.99. The van der Waals surface area contributed by atoms with Crippen LogP contribution in [0.5, 0.6) is 0 Å². The summed E-state index contributed by atoms with van der Waals surface area (Å²) in [4.78, 5) is 14.3. The SMILES string of the molecule is O=C(Nc1ccccc1Cl)N1C2C=CCC1CC2. The van der Waals surface area contributed by atoms with Crippen LogP contribution >= 0.6 is 11.6 Å². The van der Waals surface area contributed by atoms with Gasteiger partial charge in [0.2, 0.25) is 0 Å². The summed E-state index contributed by atoms with van der Waals surface area (Å²) < 4.78 is 0. The predicted molar refractivity (Wildman–Crippen MR) is 72.9 cm³/mol. The van der Waals surface area contributed by atoms with Crippen molar-refractivity contribution in [3.63, 3.8) is 0 Å². The number of para-hydroxylation sites is 1. The van der Waals surface area contributed by atoms with E-state index in [0.29, 0.717) is 16.8 Å². The molecule has 0 aliphatic carbocycles. The molecule has 3 rings (SSSR count). The van der Waals surface area contributed by atoms with Gasteiger partial charge in [0.1, 0.15) is 0 Å². The fraction of sp³-hybridized carbons (Fsp3) is 0.357. The molecule has 1 aromatic rings. The lowest BCUT2D eigenvalue weighted by Crippen LogP contribution is -2.44. The van der Waals surface area contributed by atoms with Crippen LogP contribution in [0.25, 0.3) is 0 Å². The van der Waals surface area contributed by atoms with E-state index in [0.717, 1.165) is 19.3 Å². The summed E-state index contributed by atoms with van der Waals surface area (Å²) in [6, 6.07) is 7.88. The third-order valence-electron chi connectivity index (χ3n) is 3.66. The van der Waals surface area contributed by atoms with Crippen LogP contribution in [0.3, 0.4) is 0 Å². The second-order valence-electron chi connectivity index (χ2n) is 4.78. The summed E-state index contributed by atoms with van der Waals surface area (Å²) in [5.41, 5.74) is 0.679. The molecule has 3 nitrogen and oxygen atoms in total. The van der Waals surface area contributed by atoms with Gasteiger partial charge < -0.3 is 10.2 Å². The fourth-order valence-electron chi connectivity index (χ4n) is 2.78. The fourth-order valence-corrected chi connectivity index (χ4v) is 2.97. The van der Waals surface area contributed by atoms with Crippen LogP contribution in [0.4, 0.5) is 10.5 Å². The maximum Gasteiger partial charge on any atom is 0.322 e. The van der Waals surface area contributed by atoms with Crippen molar-refractivity contribution in [3.8, 4) is 0 Å². The Hall–Kier alpha value is -1.48. The van der Waals surface area contributed by atoms with E-state index in [1.54, 1.807) is 6.07 Å². The molecule has 0 saturated carbocycles. The Balaban J connectivity index is 1.76. The van der Waals surface area contributed by atoms with Gasteiger partial charge in [-0.15, -0.1) is 0 Å². The van der Waals surface area contributed by atoms with Gasteiger partial charge in [-0.3, -0.25) is 0 Å². The van der Waals surface area contributed by atoms with E-state index >= 15 is 0 Å². The van der Waals surface area contributed by atoms with Crippen molar-refractivity contribution in [2.45, 2.75) is 31.3 Å². The molecule has 0 spiro atoms. The van der Waals surface area contributed by atoms with Crippen LogP contribution in [0.2, 0.25) is 5.02 Å². The Morgan fingerprint density at radius 3 is 2.94 bits per heavy atom. The normalized spacial score (nSPS) is 25.3. The van der Waals surface area contributed by atoms with Crippen molar-refractivity contribution in [2.24, 2.45) is 0 Å². The second kappa shape index (κ2) is 4.65. The molecule has 1 aromatic carbocycles. The Kier molecular flexibility index (Phi) is 3.00. The number of benzene rings is 1. The van der Waals surface area contributed by atoms with Gasteiger partial charge in [0.15, 0.2) is 0 Å². The van der Waals surface area contributed by atoms with Crippen LogP contribution in [0.1, 0.15) is 19.3 Å². The first kappa shape index (κ1) is 11.6. The highest BCUT2D eigenvalue weighted by Crippen LogP contribution is 2.32. The van der Waals surface area contributed by atoms with Gasteiger partial charge >= 0.3 is 6.03 Å². The van der Waals surface area contributed by atoms with Crippen molar-refractivity contribution < 1.29 is 4.79 Å². The minimum atomic E-state index is -0.0417. The number of anilines is 1. The summed E-state index contributed by atoms with van der Waals surface area (Å²) in [7, 11) is 0. The first-order valence-electron chi connectivity index (χ1n) is 6.26. The zero-order valence-corrected chi connectivity index (χ0v) is 10.7. The average molecular weight is 263 g/mol. The summed E-state index contributed by atoms with van der Waals surface area (Å²) in [6.07, 6.45) is 7.44. The molecule has 1 fully saturated rings. The highest BCUT2D eigenvalue weighted by Gasteiger charge is 2.37. The zero-order chi connectivity index (χ0) is 12.5. The largest absolute Gasteiger partial charge is 0.322 e. The second-order valence-corrected chi connectivity index (χ2v) is 5.19. The number of halogens is 1. The summed E-state index contributed by atoms with van der Waals surface area (Å²) in [6.45, 7) is 0. The number of carbonyl (C=O) groups excluding carboxylic acids is 1. The monoisotopic (exact) mass is 262 g/mol. The molecular formula is C14H15ClN2O. The van der Waals surface area contributed by atoms with E-state index in [4.69, 9.17) is 11.6 Å². The Morgan fingerprint density at radius 2 is 2.17 bits per heavy atom. The van der Waals surface area contributed by atoms with Crippen molar-refractivity contribution in [3.05, 3.63) is 41.4 Å². The summed E-state index contributed by atoms with van der Waals surface area (Å²) >= 11 is 6.05. The molecule has 2 unspecified atom stereocenters. The average Bonchev–Trinajstić information content (AvgIpc) is 2.62. The van der Waals surface area contributed by atoms with Crippen molar-refractivity contribution >= 4 is 23.3 Å². The molecular weight excluding hydrogens is 248 g/mol. The molecule has 18 heavy (non-hydrogen) atoms. The lowest BCUT2D eigenvalue weighted by atomic mass is 10.1. The van der Waals surface area contributed by atoms with E-state index in [1.165, 1.54) is 0 Å². The van der Waals surface area contributed by atoms with E-state index in [1.807, 2.05) is 23.1 Å². The molecule has 2 aliphatic rings. The minimum Gasteiger partial charge on any atom is -0.315 e. The van der Waals surface area contributed by atoms with Gasteiger partial charge in [-0.25, -0.2) is 4.79 Å². The number of fused-ring (bicyclic) bond motifs is 2. The molecule has 1 saturated heterocycles. The van der Waals surface area contributed by atoms with Gasteiger partial charge in [0.25, 0.3) is 0 Å². The Morgan fingerprint density at radius 1 is 1.33 bits per heavy atom. The highest BCUT2D eigenvalue weighted by molar-refractivity contribution is 6.33. The number of amides is 2. The maximum absolute atomic E-state index is 12.3. The van der Waals surface area contributed by atoms with Crippen LogP contribution in [0, 0.1) is 0 Å². The predicted octanol–water partition coefficient (Wildman–Crippen LogP) is 3.66. The van der Waals surface area contributed by atoms with Crippen LogP contribution < -0.4 is 5.32 Å². The van der Waals surface area contributed by atoms with Gasteiger partial charge in [-0.05, 0) is 31.4 Å². The van der Waals surface area contributed by atoms with Crippen LogP contribution in [-0.2, 0) is 0 Å². The number of nitrogens with zero attached hydrogens (tertiary/aromatic N) is 1. The molecule has 2 bridgehead atoms. The zero-order valence-electron chi connectivity index (χ0n) is 9.97. The smallest absolute Gasteiger partial charge is 0.315 e. The molecule has 0 aromatic heterocycles. The van der Waals surface area contributed by atoms with Crippen LogP contribution in [0.15, 0.2) is 36.4 Å². The Labute approximate surface area is 111 Å². The molecule has 4 heteroatoms. The standard InChI is InChI=1S/C14H15ClN2O/c15-12-6-1-2-7-13(12)16-14(18)17-10-4-3-5-11(17)9-8-10/h1-4,6-7,10-11H,5,8-9H2,(H,16,18). The van der Waals surface area contributed by atoms with E-state index in [2.05, 4.69) is 17.5 Å². The first-order valence-corrected chi connectivity index (χ1v) is 6.64. The number of hydrogen-bond donors (Lipinski definition) is 1. The maximum atomic E-state index is 12.3. The van der Waals surface area contributed by atoms with Crippen molar-refractivity contribution in [1.82, 2.24) is 4.90 Å². The van der Waals surface area contributed by atoms with Crippen molar-refractivity contribution in [2.75, 3.05) is 5.32 Å². The molecule has 1 N–H and O–H groups in total. The van der Waals surface area contributed by atoms with Crippen LogP contribution in [-0.4, -0.2) is 23.0 Å².